The molecule has 8 heteroatoms. The van der Waals surface area contributed by atoms with Crippen LogP contribution in [0.2, 0.25) is 0 Å². The zero-order chi connectivity index (χ0) is 15.9. The zero-order valence-electron chi connectivity index (χ0n) is 11.7. The Morgan fingerprint density at radius 2 is 1.82 bits per heavy atom. The van der Waals surface area contributed by atoms with Gasteiger partial charge in [-0.25, -0.2) is 13.2 Å². The Kier molecular flexibility index (Phi) is 3.65. The van der Waals surface area contributed by atoms with Crippen LogP contribution in [0.5, 0.6) is 0 Å². The van der Waals surface area contributed by atoms with Crippen LogP contribution in [0, 0.1) is 0 Å². The largest absolute Gasteiger partial charge is 0.478 e. The van der Waals surface area contributed by atoms with Crippen molar-refractivity contribution in [1.29, 1.82) is 0 Å². The van der Waals surface area contributed by atoms with Crippen LogP contribution in [-0.4, -0.2) is 48.3 Å². The van der Waals surface area contributed by atoms with E-state index in [1.807, 2.05) is 0 Å². The Morgan fingerprint density at radius 3 is 2.45 bits per heavy atom. The van der Waals surface area contributed by atoms with Gasteiger partial charge in [0.15, 0.2) is 0 Å². The predicted octanol–water partition coefficient (Wildman–Crippen LogP) is 0.426. The molecule has 118 valence electrons. The molecule has 1 aromatic carbocycles. The Morgan fingerprint density at radius 1 is 1.18 bits per heavy atom. The number of sulfonamides is 1. The van der Waals surface area contributed by atoms with Crippen molar-refractivity contribution in [3.05, 3.63) is 29.8 Å². The minimum Gasteiger partial charge on any atom is -0.478 e. The lowest BCUT2D eigenvalue weighted by Gasteiger charge is -2.26. The van der Waals surface area contributed by atoms with Crippen LogP contribution in [0.25, 0.3) is 0 Å². The summed E-state index contributed by atoms with van der Waals surface area (Å²) in [4.78, 5) is 22.5. The minimum atomic E-state index is -3.74. The number of nitrogens with zero attached hydrogens (tertiary/aromatic N) is 1. The Bertz CT molecular complexity index is 713. The van der Waals surface area contributed by atoms with Gasteiger partial charge < -0.3 is 10.4 Å². The highest BCUT2D eigenvalue weighted by Gasteiger charge is 2.44. The summed E-state index contributed by atoms with van der Waals surface area (Å²) < 4.78 is 27.1. The monoisotopic (exact) mass is 324 g/mol. The van der Waals surface area contributed by atoms with Crippen molar-refractivity contribution in [2.24, 2.45) is 0 Å². The van der Waals surface area contributed by atoms with Gasteiger partial charge in [0.2, 0.25) is 15.9 Å². The highest BCUT2D eigenvalue weighted by Crippen LogP contribution is 2.33. The number of benzene rings is 1. The molecular weight excluding hydrogens is 308 g/mol. The fraction of sp³-hybridized carbons (Fsp3) is 0.429. The Labute approximate surface area is 128 Å². The van der Waals surface area contributed by atoms with Crippen LogP contribution in [0.15, 0.2) is 29.2 Å². The Balaban J connectivity index is 1.95. The topological polar surface area (TPSA) is 104 Å². The molecule has 2 atom stereocenters. The highest BCUT2D eigenvalue weighted by molar-refractivity contribution is 7.89. The first kappa shape index (κ1) is 15.0. The number of fused-ring (bicyclic) bond motifs is 2. The van der Waals surface area contributed by atoms with E-state index >= 15 is 0 Å². The van der Waals surface area contributed by atoms with Gasteiger partial charge in [0.1, 0.15) is 0 Å². The van der Waals surface area contributed by atoms with Crippen molar-refractivity contribution in [1.82, 2.24) is 9.62 Å². The fourth-order valence-corrected chi connectivity index (χ4v) is 4.99. The van der Waals surface area contributed by atoms with E-state index < -0.39 is 16.0 Å². The summed E-state index contributed by atoms with van der Waals surface area (Å²) in [6.07, 6.45) is 1.56. The molecule has 0 aromatic heterocycles. The lowest BCUT2D eigenvalue weighted by molar-refractivity contribution is -0.121. The molecule has 0 saturated carbocycles. The van der Waals surface area contributed by atoms with Gasteiger partial charge in [-0.1, -0.05) is 0 Å². The highest BCUT2D eigenvalue weighted by atomic mass is 32.2. The van der Waals surface area contributed by atoms with E-state index in [4.69, 9.17) is 5.11 Å². The van der Waals surface area contributed by atoms with E-state index in [0.717, 1.165) is 6.42 Å². The van der Waals surface area contributed by atoms with E-state index in [9.17, 15) is 18.0 Å². The second-order valence-electron chi connectivity index (χ2n) is 5.56. The number of hydrogen-bond donors (Lipinski definition) is 2. The first-order chi connectivity index (χ1) is 10.4. The summed E-state index contributed by atoms with van der Waals surface area (Å²) in [6.45, 7) is 0.321. The molecule has 2 heterocycles. The number of carboxylic acid groups (broad SMARTS) is 1. The molecule has 2 bridgehead atoms. The minimum absolute atomic E-state index is 0.0367. The van der Waals surface area contributed by atoms with Crippen molar-refractivity contribution < 1.29 is 23.1 Å². The van der Waals surface area contributed by atoms with E-state index in [-0.39, 0.29) is 34.9 Å². The molecule has 2 saturated heterocycles. The van der Waals surface area contributed by atoms with Gasteiger partial charge in [0.25, 0.3) is 0 Å². The summed E-state index contributed by atoms with van der Waals surface area (Å²) in [7, 11) is -3.74. The molecule has 3 rings (SSSR count). The van der Waals surface area contributed by atoms with Crippen molar-refractivity contribution in [3.63, 3.8) is 0 Å². The number of hydrogen-bond acceptors (Lipinski definition) is 4. The molecular formula is C14H16N2O5S. The fourth-order valence-electron chi connectivity index (χ4n) is 3.12. The SMILES string of the molecule is O=C1CC2CCC(CN1)N2S(=O)(=O)c1ccc(C(=O)O)cc1. The maximum atomic E-state index is 12.8. The van der Waals surface area contributed by atoms with Gasteiger partial charge in [0.05, 0.1) is 10.5 Å². The normalized spacial score (nSPS) is 25.5. The first-order valence-electron chi connectivity index (χ1n) is 7.03. The van der Waals surface area contributed by atoms with Crippen LogP contribution in [-0.2, 0) is 14.8 Å². The van der Waals surface area contributed by atoms with Crippen LogP contribution < -0.4 is 5.32 Å². The lowest BCUT2D eigenvalue weighted by Crippen LogP contribution is -2.42. The number of aromatic carboxylic acids is 1. The van der Waals surface area contributed by atoms with Gasteiger partial charge in [-0.05, 0) is 37.1 Å². The van der Waals surface area contributed by atoms with Gasteiger partial charge in [0, 0.05) is 25.0 Å². The quantitative estimate of drug-likeness (QED) is 0.839. The number of rotatable bonds is 3. The van der Waals surface area contributed by atoms with E-state index in [1.54, 1.807) is 0 Å². The van der Waals surface area contributed by atoms with E-state index in [2.05, 4.69) is 5.32 Å². The molecule has 1 amide bonds. The predicted molar refractivity (Wildman–Crippen MR) is 76.9 cm³/mol. The van der Waals surface area contributed by atoms with Crippen molar-refractivity contribution >= 4 is 21.9 Å². The maximum Gasteiger partial charge on any atom is 0.335 e. The van der Waals surface area contributed by atoms with Crippen LogP contribution in [0.4, 0.5) is 0 Å². The number of amides is 1. The molecule has 2 N–H and O–H groups in total. The summed E-state index contributed by atoms with van der Waals surface area (Å²) in [5.41, 5.74) is 0.0367. The third kappa shape index (κ3) is 2.48. The first-order valence-corrected chi connectivity index (χ1v) is 8.47. The molecule has 0 spiro atoms. The molecule has 7 nitrogen and oxygen atoms in total. The van der Waals surface area contributed by atoms with Crippen LogP contribution >= 0.6 is 0 Å². The van der Waals surface area contributed by atoms with Gasteiger partial charge in [-0.2, -0.15) is 4.31 Å². The zero-order valence-corrected chi connectivity index (χ0v) is 12.5. The van der Waals surface area contributed by atoms with Crippen molar-refractivity contribution in [2.45, 2.75) is 36.2 Å². The van der Waals surface area contributed by atoms with Crippen molar-refractivity contribution in [2.75, 3.05) is 6.54 Å². The number of carbonyl (C=O) groups excluding carboxylic acids is 1. The number of carboxylic acids is 1. The van der Waals surface area contributed by atoms with Crippen molar-refractivity contribution in [3.8, 4) is 0 Å². The Hall–Kier alpha value is -1.93. The third-order valence-electron chi connectivity index (χ3n) is 4.19. The number of nitrogens with one attached hydrogen (secondary N) is 1. The van der Waals surface area contributed by atoms with Gasteiger partial charge in [-0.3, -0.25) is 4.79 Å². The summed E-state index contributed by atoms with van der Waals surface area (Å²) in [5, 5.41) is 11.6. The molecule has 22 heavy (non-hydrogen) atoms. The smallest absolute Gasteiger partial charge is 0.335 e. The third-order valence-corrected chi connectivity index (χ3v) is 6.20. The van der Waals surface area contributed by atoms with Gasteiger partial charge in [-0.15, -0.1) is 0 Å². The summed E-state index contributed by atoms with van der Waals surface area (Å²) >= 11 is 0. The molecule has 2 aliphatic rings. The van der Waals surface area contributed by atoms with Crippen LogP contribution in [0.3, 0.4) is 0 Å². The average molecular weight is 324 g/mol. The lowest BCUT2D eigenvalue weighted by atomic mass is 10.1. The molecule has 2 aliphatic heterocycles. The summed E-state index contributed by atoms with van der Waals surface area (Å²) in [6, 6.07) is 4.60. The standard InChI is InChI=1S/C14H16N2O5S/c17-13-7-10-3-4-11(8-15-13)16(10)22(20,21)12-5-1-9(2-6-12)14(18)19/h1-2,5-6,10-11H,3-4,7-8H2,(H,15,17)(H,18,19). The van der Waals surface area contributed by atoms with Gasteiger partial charge >= 0.3 is 5.97 Å². The maximum absolute atomic E-state index is 12.8. The number of carbonyl (C=O) groups is 2. The van der Waals surface area contributed by atoms with E-state index in [1.165, 1.54) is 28.6 Å². The molecule has 1 aromatic rings. The van der Waals surface area contributed by atoms with Crippen LogP contribution in [0.1, 0.15) is 29.6 Å². The molecule has 2 unspecified atom stereocenters. The molecule has 0 aliphatic carbocycles. The molecule has 0 radical (unpaired) electrons. The molecule has 2 fully saturated rings. The summed E-state index contributed by atoms with van der Waals surface area (Å²) in [5.74, 6) is -1.23. The average Bonchev–Trinajstić information content (AvgIpc) is 2.79. The van der Waals surface area contributed by atoms with E-state index in [0.29, 0.717) is 13.0 Å². The second kappa shape index (κ2) is 5.36. The second-order valence-corrected chi connectivity index (χ2v) is 7.40.